The van der Waals surface area contributed by atoms with E-state index in [1.165, 1.54) is 7.11 Å². The van der Waals surface area contributed by atoms with Crippen molar-refractivity contribution in [1.82, 2.24) is 0 Å². The van der Waals surface area contributed by atoms with Crippen LogP contribution in [0.3, 0.4) is 0 Å². The topological polar surface area (TPSA) is 61.8 Å². The molecule has 0 spiro atoms. The minimum absolute atomic E-state index is 0.172. The average Bonchev–Trinajstić information content (AvgIpc) is 2.45. The number of rotatable bonds is 6. The third kappa shape index (κ3) is 4.62. The first kappa shape index (κ1) is 15.0. The van der Waals surface area contributed by atoms with Gasteiger partial charge in [-0.3, -0.25) is 9.59 Å². The quantitative estimate of drug-likeness (QED) is 0.584. The number of ether oxygens (including phenoxy) is 3. The van der Waals surface area contributed by atoms with Crippen molar-refractivity contribution >= 4 is 11.9 Å². The van der Waals surface area contributed by atoms with E-state index in [-0.39, 0.29) is 18.5 Å². The molecule has 0 radical (unpaired) electrons. The molecule has 0 aliphatic heterocycles. The number of methoxy groups -OCH3 is 1. The summed E-state index contributed by atoms with van der Waals surface area (Å²) in [6, 6.07) is 5.03. The maximum atomic E-state index is 11.2. The van der Waals surface area contributed by atoms with Crippen molar-refractivity contribution < 1.29 is 23.8 Å². The molecule has 1 aromatic rings. The van der Waals surface area contributed by atoms with Gasteiger partial charge < -0.3 is 14.2 Å². The van der Waals surface area contributed by atoms with Crippen LogP contribution < -0.4 is 9.47 Å². The van der Waals surface area contributed by atoms with E-state index in [2.05, 4.69) is 0 Å². The van der Waals surface area contributed by atoms with Crippen LogP contribution in [0.4, 0.5) is 0 Å². The summed E-state index contributed by atoms with van der Waals surface area (Å²) >= 11 is 0. The lowest BCUT2D eigenvalue weighted by atomic mass is 10.2. The summed E-state index contributed by atoms with van der Waals surface area (Å²) in [4.78, 5) is 22.3. The molecule has 104 valence electrons. The van der Waals surface area contributed by atoms with Gasteiger partial charge in [-0.1, -0.05) is 19.9 Å². The Hall–Kier alpha value is -2.04. The van der Waals surface area contributed by atoms with Crippen molar-refractivity contribution in [3.63, 3.8) is 0 Å². The number of carbonyl (C=O) groups excluding carboxylic acids is 2. The maximum Gasteiger partial charge on any atom is 0.311 e. The SMILES string of the molecule is CCC(=O)OCc1ccc(OC(=O)CC)c(OC)c1. The Labute approximate surface area is 112 Å². The molecule has 0 atom stereocenters. The molecule has 0 heterocycles. The fourth-order valence-electron chi connectivity index (χ4n) is 1.35. The highest BCUT2D eigenvalue weighted by atomic mass is 16.6. The van der Waals surface area contributed by atoms with E-state index in [1.54, 1.807) is 32.0 Å². The lowest BCUT2D eigenvalue weighted by Gasteiger charge is -2.10. The maximum absolute atomic E-state index is 11.2. The van der Waals surface area contributed by atoms with Crippen LogP contribution in [-0.4, -0.2) is 19.0 Å². The van der Waals surface area contributed by atoms with Crippen LogP contribution in [0.15, 0.2) is 18.2 Å². The zero-order valence-corrected chi connectivity index (χ0v) is 11.4. The zero-order chi connectivity index (χ0) is 14.3. The highest BCUT2D eigenvalue weighted by Gasteiger charge is 2.10. The predicted molar refractivity (Wildman–Crippen MR) is 69.0 cm³/mol. The largest absolute Gasteiger partial charge is 0.493 e. The molecule has 0 amide bonds. The highest BCUT2D eigenvalue weighted by Crippen LogP contribution is 2.28. The second kappa shape index (κ2) is 7.41. The molecule has 0 saturated carbocycles. The number of esters is 2. The summed E-state index contributed by atoms with van der Waals surface area (Å²) in [7, 11) is 1.49. The van der Waals surface area contributed by atoms with Crippen molar-refractivity contribution in [2.24, 2.45) is 0 Å². The van der Waals surface area contributed by atoms with E-state index in [0.717, 1.165) is 5.56 Å². The molecule has 5 heteroatoms. The Morgan fingerprint density at radius 3 is 2.32 bits per heavy atom. The molecule has 0 aromatic heterocycles. The van der Waals surface area contributed by atoms with E-state index in [4.69, 9.17) is 14.2 Å². The second-order valence-electron chi connectivity index (χ2n) is 3.83. The van der Waals surface area contributed by atoms with Gasteiger partial charge >= 0.3 is 11.9 Å². The third-order valence-corrected chi connectivity index (χ3v) is 2.43. The van der Waals surface area contributed by atoms with Gasteiger partial charge in [0, 0.05) is 12.8 Å². The Balaban J connectivity index is 2.77. The summed E-state index contributed by atoms with van der Waals surface area (Å²) in [6.07, 6.45) is 0.627. The minimum Gasteiger partial charge on any atom is -0.493 e. The molecule has 19 heavy (non-hydrogen) atoms. The fourth-order valence-corrected chi connectivity index (χ4v) is 1.35. The van der Waals surface area contributed by atoms with Gasteiger partial charge in [0.05, 0.1) is 7.11 Å². The standard InChI is InChI=1S/C14H18O5/c1-4-13(15)18-9-10-6-7-11(12(8-10)17-3)19-14(16)5-2/h6-8H,4-5,9H2,1-3H3. The summed E-state index contributed by atoms with van der Waals surface area (Å²) < 4.78 is 15.3. The van der Waals surface area contributed by atoms with E-state index in [0.29, 0.717) is 24.3 Å². The van der Waals surface area contributed by atoms with E-state index in [1.807, 2.05) is 0 Å². The minimum atomic E-state index is -0.330. The van der Waals surface area contributed by atoms with Crippen LogP contribution in [0, 0.1) is 0 Å². The molecule has 0 unspecified atom stereocenters. The van der Waals surface area contributed by atoms with Crippen LogP contribution >= 0.6 is 0 Å². The van der Waals surface area contributed by atoms with Gasteiger partial charge in [0.2, 0.25) is 0 Å². The molecule has 1 rings (SSSR count). The number of benzene rings is 1. The van der Waals surface area contributed by atoms with Gasteiger partial charge in [0.1, 0.15) is 6.61 Å². The Morgan fingerprint density at radius 2 is 1.74 bits per heavy atom. The van der Waals surface area contributed by atoms with Crippen LogP contribution in [0.1, 0.15) is 32.3 Å². The average molecular weight is 266 g/mol. The monoisotopic (exact) mass is 266 g/mol. The molecule has 0 bridgehead atoms. The van der Waals surface area contributed by atoms with E-state index >= 15 is 0 Å². The first-order valence-corrected chi connectivity index (χ1v) is 6.13. The molecular formula is C14H18O5. The van der Waals surface area contributed by atoms with Gasteiger partial charge in [-0.25, -0.2) is 0 Å². The second-order valence-corrected chi connectivity index (χ2v) is 3.83. The van der Waals surface area contributed by atoms with Crippen molar-refractivity contribution in [1.29, 1.82) is 0 Å². The molecule has 0 fully saturated rings. The summed E-state index contributed by atoms with van der Waals surface area (Å²) in [5.74, 6) is 0.204. The molecule has 5 nitrogen and oxygen atoms in total. The molecule has 0 saturated heterocycles. The van der Waals surface area contributed by atoms with E-state index in [9.17, 15) is 9.59 Å². The molecule has 0 aliphatic rings. The number of hydrogen-bond donors (Lipinski definition) is 0. The molecular weight excluding hydrogens is 248 g/mol. The molecule has 1 aromatic carbocycles. The first-order chi connectivity index (χ1) is 9.10. The highest BCUT2D eigenvalue weighted by molar-refractivity contribution is 5.73. The van der Waals surface area contributed by atoms with Crippen LogP contribution in [0.2, 0.25) is 0 Å². The van der Waals surface area contributed by atoms with Crippen LogP contribution in [0.25, 0.3) is 0 Å². The number of carbonyl (C=O) groups is 2. The van der Waals surface area contributed by atoms with E-state index < -0.39 is 0 Å². The zero-order valence-electron chi connectivity index (χ0n) is 11.4. The predicted octanol–water partition coefficient (Wildman–Crippen LogP) is 2.46. The number of hydrogen-bond acceptors (Lipinski definition) is 5. The van der Waals surface area contributed by atoms with Gasteiger partial charge in [-0.15, -0.1) is 0 Å². The lowest BCUT2D eigenvalue weighted by molar-refractivity contribution is -0.144. The lowest BCUT2D eigenvalue weighted by Crippen LogP contribution is -2.07. The van der Waals surface area contributed by atoms with Crippen molar-refractivity contribution in [2.75, 3.05) is 7.11 Å². The molecule has 0 N–H and O–H groups in total. The first-order valence-electron chi connectivity index (χ1n) is 6.13. The van der Waals surface area contributed by atoms with Gasteiger partial charge in [-0.2, -0.15) is 0 Å². The van der Waals surface area contributed by atoms with Crippen molar-refractivity contribution in [3.8, 4) is 11.5 Å². The van der Waals surface area contributed by atoms with Crippen molar-refractivity contribution in [2.45, 2.75) is 33.3 Å². The fraction of sp³-hybridized carbons (Fsp3) is 0.429. The van der Waals surface area contributed by atoms with Gasteiger partial charge in [0.15, 0.2) is 11.5 Å². The van der Waals surface area contributed by atoms with Crippen LogP contribution in [0.5, 0.6) is 11.5 Å². The summed E-state index contributed by atoms with van der Waals surface area (Å²) in [5, 5.41) is 0. The smallest absolute Gasteiger partial charge is 0.311 e. The summed E-state index contributed by atoms with van der Waals surface area (Å²) in [6.45, 7) is 3.62. The molecule has 0 aliphatic carbocycles. The normalized spacial score (nSPS) is 9.84. The summed E-state index contributed by atoms with van der Waals surface area (Å²) in [5.41, 5.74) is 0.773. The van der Waals surface area contributed by atoms with Gasteiger partial charge in [-0.05, 0) is 17.7 Å². The van der Waals surface area contributed by atoms with Crippen LogP contribution in [-0.2, 0) is 20.9 Å². The Kier molecular flexibility index (Phi) is 5.85. The Morgan fingerprint density at radius 1 is 1.05 bits per heavy atom. The van der Waals surface area contributed by atoms with Crippen molar-refractivity contribution in [3.05, 3.63) is 23.8 Å². The van der Waals surface area contributed by atoms with Gasteiger partial charge in [0.25, 0.3) is 0 Å². The Bertz CT molecular complexity index is 453. The third-order valence-electron chi connectivity index (χ3n) is 2.43.